The van der Waals surface area contributed by atoms with Crippen molar-refractivity contribution in [2.45, 2.75) is 31.1 Å². The van der Waals surface area contributed by atoms with Gasteiger partial charge in [0.2, 0.25) is 5.91 Å². The molecule has 0 saturated carbocycles. The van der Waals surface area contributed by atoms with E-state index in [4.69, 9.17) is 4.74 Å². The van der Waals surface area contributed by atoms with Gasteiger partial charge in [0.15, 0.2) is 0 Å². The highest BCUT2D eigenvalue weighted by Crippen LogP contribution is 2.32. The van der Waals surface area contributed by atoms with Crippen LogP contribution < -0.4 is 5.32 Å². The summed E-state index contributed by atoms with van der Waals surface area (Å²) in [7, 11) is 1.35. The van der Waals surface area contributed by atoms with E-state index in [-0.39, 0.29) is 26.0 Å². The largest absolute Gasteiger partial charge is 0.408 e. The van der Waals surface area contributed by atoms with Gasteiger partial charge in [-0.1, -0.05) is 18.2 Å². The molecule has 2 atom stereocenters. The molecule has 0 bridgehead atoms. The molecule has 2 rings (SSSR count). The molecule has 132 valence electrons. The van der Waals surface area contributed by atoms with Crippen molar-refractivity contribution in [3.05, 3.63) is 35.9 Å². The molecule has 5 nitrogen and oxygen atoms in total. The van der Waals surface area contributed by atoms with E-state index in [9.17, 15) is 22.8 Å². The van der Waals surface area contributed by atoms with Gasteiger partial charge in [-0.05, 0) is 25.0 Å². The Morgan fingerprint density at radius 2 is 1.96 bits per heavy atom. The lowest BCUT2D eigenvalue weighted by Gasteiger charge is -2.40. The summed E-state index contributed by atoms with van der Waals surface area (Å²) in [4.78, 5) is 25.3. The molecule has 1 saturated heterocycles. The number of halogens is 3. The zero-order valence-corrected chi connectivity index (χ0v) is 13.2. The minimum Gasteiger partial charge on any atom is -0.383 e. The van der Waals surface area contributed by atoms with E-state index in [0.717, 1.165) is 4.90 Å². The smallest absolute Gasteiger partial charge is 0.383 e. The first-order chi connectivity index (χ1) is 11.3. The number of alkyl halides is 3. The standard InChI is InChI=1S/C16H19F3N2O3/c1-24-10-9-21-13(16(17,18)19)8-7-12(15(21)23)20-14(22)11-5-3-2-4-6-11/h2-6,12-13H,7-10H2,1H3,(H,20,22)/t12-,13-/m1/s1. The van der Waals surface area contributed by atoms with Gasteiger partial charge in [0.1, 0.15) is 12.1 Å². The van der Waals surface area contributed by atoms with E-state index in [0.29, 0.717) is 5.56 Å². The second-order valence-corrected chi connectivity index (χ2v) is 5.55. The van der Waals surface area contributed by atoms with Gasteiger partial charge in [0.05, 0.1) is 6.61 Å². The van der Waals surface area contributed by atoms with Crippen LogP contribution in [0.25, 0.3) is 0 Å². The number of ether oxygens (including phenoxy) is 1. The average Bonchev–Trinajstić information content (AvgIpc) is 2.55. The van der Waals surface area contributed by atoms with E-state index in [1.807, 2.05) is 0 Å². The highest BCUT2D eigenvalue weighted by Gasteiger charge is 2.49. The summed E-state index contributed by atoms with van der Waals surface area (Å²) in [6.45, 7) is -0.172. The van der Waals surface area contributed by atoms with Crippen LogP contribution in [0.1, 0.15) is 23.2 Å². The van der Waals surface area contributed by atoms with Gasteiger partial charge in [0.25, 0.3) is 5.91 Å². The molecule has 0 aliphatic carbocycles. The van der Waals surface area contributed by atoms with Crippen LogP contribution in [0.2, 0.25) is 0 Å². The Hall–Kier alpha value is -2.09. The maximum atomic E-state index is 13.1. The summed E-state index contributed by atoms with van der Waals surface area (Å²) in [6, 6.07) is 5.42. The number of methoxy groups -OCH3 is 1. The third-order valence-electron chi connectivity index (χ3n) is 3.94. The van der Waals surface area contributed by atoms with Crippen molar-refractivity contribution >= 4 is 11.8 Å². The molecule has 0 aromatic heterocycles. The van der Waals surface area contributed by atoms with Crippen LogP contribution in [0.15, 0.2) is 30.3 Å². The summed E-state index contributed by atoms with van der Waals surface area (Å²) in [5, 5.41) is 2.53. The lowest BCUT2D eigenvalue weighted by molar-refractivity contribution is -0.199. The van der Waals surface area contributed by atoms with Crippen LogP contribution >= 0.6 is 0 Å². The molecule has 1 aromatic carbocycles. The molecule has 1 fully saturated rings. The summed E-state index contributed by atoms with van der Waals surface area (Å²) in [6.07, 6.45) is -4.80. The molecule has 2 amide bonds. The maximum Gasteiger partial charge on any atom is 0.408 e. The van der Waals surface area contributed by atoms with Crippen molar-refractivity contribution in [3.8, 4) is 0 Å². The highest BCUT2D eigenvalue weighted by atomic mass is 19.4. The maximum absolute atomic E-state index is 13.1. The fraction of sp³-hybridized carbons (Fsp3) is 0.500. The number of carbonyl (C=O) groups excluding carboxylic acids is 2. The molecule has 1 N–H and O–H groups in total. The van der Waals surface area contributed by atoms with Crippen molar-refractivity contribution in [1.82, 2.24) is 10.2 Å². The summed E-state index contributed by atoms with van der Waals surface area (Å²) in [5.74, 6) is -1.21. The van der Waals surface area contributed by atoms with Crippen LogP contribution in [0.4, 0.5) is 13.2 Å². The lowest BCUT2D eigenvalue weighted by Crippen LogP contribution is -2.60. The summed E-state index contributed by atoms with van der Waals surface area (Å²) in [5.41, 5.74) is 0.353. The third kappa shape index (κ3) is 4.25. The minimum atomic E-state index is -4.50. The van der Waals surface area contributed by atoms with Gasteiger partial charge >= 0.3 is 6.18 Å². The average molecular weight is 344 g/mol. The quantitative estimate of drug-likeness (QED) is 0.889. The minimum absolute atomic E-state index is 0.00231. The Morgan fingerprint density at radius 1 is 1.29 bits per heavy atom. The van der Waals surface area contributed by atoms with Crippen LogP contribution in [0, 0.1) is 0 Å². The molecule has 0 spiro atoms. The Bertz CT molecular complexity index is 578. The van der Waals surface area contributed by atoms with E-state index in [2.05, 4.69) is 5.32 Å². The second kappa shape index (κ2) is 7.65. The predicted octanol–water partition coefficient (Wildman–Crippen LogP) is 1.98. The van der Waals surface area contributed by atoms with Crippen molar-refractivity contribution < 1.29 is 27.5 Å². The SMILES string of the molecule is COCCN1C(=O)[C@H](NC(=O)c2ccccc2)CC[C@@H]1C(F)(F)F. The molecule has 1 aromatic rings. The number of piperidine rings is 1. The third-order valence-corrected chi connectivity index (χ3v) is 3.94. The number of hydrogen-bond donors (Lipinski definition) is 1. The Balaban J connectivity index is 2.10. The Kier molecular flexibility index (Phi) is 5.82. The lowest BCUT2D eigenvalue weighted by atomic mass is 9.96. The van der Waals surface area contributed by atoms with Crippen LogP contribution in [0.3, 0.4) is 0 Å². The highest BCUT2D eigenvalue weighted by molar-refractivity contribution is 5.97. The van der Waals surface area contributed by atoms with Crippen molar-refractivity contribution in [3.63, 3.8) is 0 Å². The van der Waals surface area contributed by atoms with Gasteiger partial charge in [-0.15, -0.1) is 0 Å². The molecular formula is C16H19F3N2O3. The fourth-order valence-corrected chi connectivity index (χ4v) is 2.72. The first-order valence-electron chi connectivity index (χ1n) is 7.56. The van der Waals surface area contributed by atoms with Crippen LogP contribution in [-0.2, 0) is 9.53 Å². The normalized spacial score (nSPS) is 21.7. The molecule has 1 aliphatic heterocycles. The number of rotatable bonds is 5. The molecular weight excluding hydrogens is 325 g/mol. The van der Waals surface area contributed by atoms with Gasteiger partial charge in [-0.3, -0.25) is 9.59 Å². The van der Waals surface area contributed by atoms with E-state index in [1.54, 1.807) is 30.3 Å². The summed E-state index contributed by atoms with van der Waals surface area (Å²) < 4.78 is 44.2. The molecule has 1 aliphatic rings. The number of nitrogens with zero attached hydrogens (tertiary/aromatic N) is 1. The van der Waals surface area contributed by atoms with E-state index < -0.39 is 30.1 Å². The van der Waals surface area contributed by atoms with Crippen molar-refractivity contribution in [2.24, 2.45) is 0 Å². The first kappa shape index (κ1) is 18.3. The van der Waals surface area contributed by atoms with E-state index >= 15 is 0 Å². The molecule has 1 heterocycles. The van der Waals surface area contributed by atoms with Gasteiger partial charge in [-0.25, -0.2) is 0 Å². The monoisotopic (exact) mass is 344 g/mol. The van der Waals surface area contributed by atoms with Crippen LogP contribution in [0.5, 0.6) is 0 Å². The number of carbonyl (C=O) groups is 2. The number of likely N-dealkylation sites (tertiary alicyclic amines) is 1. The fourth-order valence-electron chi connectivity index (χ4n) is 2.72. The zero-order chi connectivity index (χ0) is 17.7. The van der Waals surface area contributed by atoms with Crippen LogP contribution in [-0.4, -0.2) is 55.2 Å². The number of nitrogens with one attached hydrogen (secondary N) is 1. The Morgan fingerprint density at radius 3 is 2.54 bits per heavy atom. The number of amides is 2. The first-order valence-corrected chi connectivity index (χ1v) is 7.56. The molecule has 0 unspecified atom stereocenters. The van der Waals surface area contributed by atoms with Gasteiger partial charge in [0, 0.05) is 19.2 Å². The topological polar surface area (TPSA) is 58.6 Å². The number of benzene rings is 1. The van der Waals surface area contributed by atoms with E-state index in [1.165, 1.54) is 7.11 Å². The molecule has 8 heteroatoms. The second-order valence-electron chi connectivity index (χ2n) is 5.55. The Labute approximate surface area is 137 Å². The molecule has 24 heavy (non-hydrogen) atoms. The van der Waals surface area contributed by atoms with Crippen molar-refractivity contribution in [1.29, 1.82) is 0 Å². The summed E-state index contributed by atoms with van der Waals surface area (Å²) >= 11 is 0. The zero-order valence-electron chi connectivity index (χ0n) is 13.2. The van der Waals surface area contributed by atoms with Gasteiger partial charge < -0.3 is 15.0 Å². The van der Waals surface area contributed by atoms with Crippen molar-refractivity contribution in [2.75, 3.05) is 20.3 Å². The predicted molar refractivity (Wildman–Crippen MR) is 80.4 cm³/mol. The van der Waals surface area contributed by atoms with Gasteiger partial charge in [-0.2, -0.15) is 13.2 Å². The number of hydrogen-bond acceptors (Lipinski definition) is 3. The molecule has 0 radical (unpaired) electrons.